The number of nitro benzene ring substituents is 1. The first-order valence-corrected chi connectivity index (χ1v) is 8.64. The van der Waals surface area contributed by atoms with E-state index in [0.717, 1.165) is 30.7 Å². The molecule has 0 saturated carbocycles. The van der Waals surface area contributed by atoms with Gasteiger partial charge in [0.15, 0.2) is 0 Å². The fourth-order valence-electron chi connectivity index (χ4n) is 2.01. The van der Waals surface area contributed by atoms with Gasteiger partial charge in [-0.05, 0) is 19.2 Å². The van der Waals surface area contributed by atoms with Crippen molar-refractivity contribution >= 4 is 33.2 Å². The van der Waals surface area contributed by atoms with Gasteiger partial charge < -0.3 is 4.90 Å². The summed E-state index contributed by atoms with van der Waals surface area (Å²) in [4.78, 5) is 12.5. The Bertz CT molecular complexity index is 612. The van der Waals surface area contributed by atoms with Crippen LogP contribution >= 0.6 is 11.8 Å². The molecule has 2 rings (SSSR count). The summed E-state index contributed by atoms with van der Waals surface area (Å²) in [6, 6.07) is 4.02. The van der Waals surface area contributed by atoms with Crippen molar-refractivity contribution in [1.29, 1.82) is 0 Å². The second-order valence-corrected chi connectivity index (χ2v) is 7.33. The Morgan fingerprint density at radius 1 is 1.35 bits per heavy atom. The minimum absolute atomic E-state index is 0.0955. The van der Waals surface area contributed by atoms with Crippen molar-refractivity contribution in [2.24, 2.45) is 0 Å². The summed E-state index contributed by atoms with van der Waals surface area (Å²) in [5.74, 6) is 1.82. The Labute approximate surface area is 121 Å². The smallest absolute Gasteiger partial charge is 0.293 e. The molecule has 0 aromatic heterocycles. The van der Waals surface area contributed by atoms with Crippen molar-refractivity contribution in [1.82, 2.24) is 4.72 Å². The maximum atomic E-state index is 11.7. The number of rotatable bonds is 4. The molecule has 1 saturated heterocycles. The highest BCUT2D eigenvalue weighted by Gasteiger charge is 2.24. The van der Waals surface area contributed by atoms with Crippen molar-refractivity contribution in [2.45, 2.75) is 4.90 Å². The van der Waals surface area contributed by atoms with E-state index in [4.69, 9.17) is 0 Å². The number of hydrogen-bond donors (Lipinski definition) is 1. The summed E-state index contributed by atoms with van der Waals surface area (Å²) in [6.07, 6.45) is 0. The van der Waals surface area contributed by atoms with Gasteiger partial charge in [-0.1, -0.05) is 0 Å². The molecule has 1 heterocycles. The van der Waals surface area contributed by atoms with Gasteiger partial charge in [0.1, 0.15) is 5.69 Å². The Morgan fingerprint density at radius 3 is 2.55 bits per heavy atom. The van der Waals surface area contributed by atoms with Gasteiger partial charge in [-0.25, -0.2) is 13.1 Å². The van der Waals surface area contributed by atoms with Crippen LogP contribution in [0, 0.1) is 10.1 Å². The molecule has 0 atom stereocenters. The van der Waals surface area contributed by atoms with Gasteiger partial charge in [0.25, 0.3) is 5.69 Å². The number of sulfonamides is 1. The lowest BCUT2D eigenvalue weighted by Gasteiger charge is -2.28. The molecule has 1 aromatic rings. The van der Waals surface area contributed by atoms with Gasteiger partial charge in [-0.3, -0.25) is 10.1 Å². The molecular formula is C11H15N3O4S2. The molecule has 0 unspecified atom stereocenters. The lowest BCUT2D eigenvalue weighted by Crippen LogP contribution is -2.33. The topological polar surface area (TPSA) is 92.6 Å². The maximum absolute atomic E-state index is 11.7. The highest BCUT2D eigenvalue weighted by atomic mass is 32.2. The maximum Gasteiger partial charge on any atom is 0.293 e. The van der Waals surface area contributed by atoms with Crippen molar-refractivity contribution in [3.8, 4) is 0 Å². The average Bonchev–Trinajstić information content (AvgIpc) is 2.47. The van der Waals surface area contributed by atoms with Crippen LogP contribution in [0.4, 0.5) is 11.4 Å². The zero-order chi connectivity index (χ0) is 14.8. The van der Waals surface area contributed by atoms with E-state index in [0.29, 0.717) is 5.69 Å². The van der Waals surface area contributed by atoms with E-state index in [1.807, 2.05) is 4.90 Å². The van der Waals surface area contributed by atoms with Crippen molar-refractivity contribution in [3.63, 3.8) is 0 Å². The normalized spacial score (nSPS) is 16.1. The lowest BCUT2D eigenvalue weighted by atomic mass is 10.2. The molecular weight excluding hydrogens is 302 g/mol. The van der Waals surface area contributed by atoms with E-state index in [9.17, 15) is 18.5 Å². The van der Waals surface area contributed by atoms with E-state index in [-0.39, 0.29) is 10.6 Å². The molecule has 1 aliphatic rings. The summed E-state index contributed by atoms with van der Waals surface area (Å²) < 4.78 is 25.6. The van der Waals surface area contributed by atoms with E-state index < -0.39 is 14.9 Å². The number of nitro groups is 1. The van der Waals surface area contributed by atoms with Crippen LogP contribution < -0.4 is 9.62 Å². The first-order chi connectivity index (χ1) is 9.45. The average molecular weight is 317 g/mol. The minimum atomic E-state index is -3.68. The molecule has 0 bridgehead atoms. The zero-order valence-corrected chi connectivity index (χ0v) is 12.5. The van der Waals surface area contributed by atoms with Crippen LogP contribution in [0.25, 0.3) is 0 Å². The molecule has 20 heavy (non-hydrogen) atoms. The van der Waals surface area contributed by atoms with E-state index in [1.54, 1.807) is 11.8 Å². The number of thioether (sulfide) groups is 1. The zero-order valence-electron chi connectivity index (χ0n) is 10.9. The fourth-order valence-corrected chi connectivity index (χ4v) is 3.66. The second-order valence-electron chi connectivity index (χ2n) is 4.21. The van der Waals surface area contributed by atoms with E-state index in [2.05, 4.69) is 4.72 Å². The lowest BCUT2D eigenvalue weighted by molar-refractivity contribution is -0.384. The van der Waals surface area contributed by atoms with Crippen LogP contribution in [-0.2, 0) is 10.0 Å². The quantitative estimate of drug-likeness (QED) is 0.659. The summed E-state index contributed by atoms with van der Waals surface area (Å²) in [5, 5.41) is 11.2. The van der Waals surface area contributed by atoms with Crippen LogP contribution in [-0.4, -0.2) is 45.0 Å². The van der Waals surface area contributed by atoms with Crippen LogP contribution in [0.1, 0.15) is 0 Å². The van der Waals surface area contributed by atoms with Gasteiger partial charge in [0.05, 0.1) is 9.82 Å². The van der Waals surface area contributed by atoms with Gasteiger partial charge in [0, 0.05) is 30.7 Å². The fraction of sp³-hybridized carbons (Fsp3) is 0.455. The van der Waals surface area contributed by atoms with E-state index >= 15 is 0 Å². The summed E-state index contributed by atoms with van der Waals surface area (Å²) in [6.45, 7) is 1.45. The van der Waals surface area contributed by atoms with Crippen LogP contribution in [0.3, 0.4) is 0 Å². The summed E-state index contributed by atoms with van der Waals surface area (Å²) in [7, 11) is -2.40. The summed E-state index contributed by atoms with van der Waals surface area (Å²) >= 11 is 1.80. The Kier molecular flexibility index (Phi) is 4.51. The number of anilines is 1. The van der Waals surface area contributed by atoms with Crippen molar-refractivity contribution in [2.75, 3.05) is 36.5 Å². The first-order valence-electron chi connectivity index (χ1n) is 6.00. The van der Waals surface area contributed by atoms with Crippen molar-refractivity contribution < 1.29 is 13.3 Å². The highest BCUT2D eigenvalue weighted by Crippen LogP contribution is 2.32. The van der Waals surface area contributed by atoms with E-state index in [1.165, 1.54) is 19.2 Å². The van der Waals surface area contributed by atoms with Gasteiger partial charge >= 0.3 is 0 Å². The first kappa shape index (κ1) is 15.1. The third kappa shape index (κ3) is 3.05. The minimum Gasteiger partial charge on any atom is -0.364 e. The van der Waals surface area contributed by atoms with Crippen LogP contribution in [0.5, 0.6) is 0 Å². The van der Waals surface area contributed by atoms with Gasteiger partial charge in [-0.2, -0.15) is 11.8 Å². The molecule has 110 valence electrons. The Hall–Kier alpha value is -1.32. The predicted octanol–water partition coefficient (Wildman–Crippen LogP) is 1.06. The molecule has 0 amide bonds. The molecule has 1 fully saturated rings. The molecule has 1 aromatic carbocycles. The third-order valence-electron chi connectivity index (χ3n) is 3.07. The molecule has 0 aliphatic carbocycles. The largest absolute Gasteiger partial charge is 0.364 e. The van der Waals surface area contributed by atoms with Crippen LogP contribution in [0.2, 0.25) is 0 Å². The summed E-state index contributed by atoms with van der Waals surface area (Å²) in [5.41, 5.74) is 0.304. The standard InChI is InChI=1S/C11H15N3O4S2/c1-12-20(17,18)9-2-3-10(11(8-9)14(15)16)13-4-6-19-7-5-13/h2-3,8,12H,4-7H2,1H3. The molecule has 1 N–H and O–H groups in total. The van der Waals surface area contributed by atoms with Crippen LogP contribution in [0.15, 0.2) is 23.1 Å². The Balaban J connectivity index is 2.46. The number of nitrogens with one attached hydrogen (secondary N) is 1. The monoisotopic (exact) mass is 317 g/mol. The molecule has 1 aliphatic heterocycles. The third-order valence-corrected chi connectivity index (χ3v) is 5.43. The molecule has 0 radical (unpaired) electrons. The molecule has 9 heteroatoms. The van der Waals surface area contributed by atoms with Crippen molar-refractivity contribution in [3.05, 3.63) is 28.3 Å². The molecule has 0 spiro atoms. The van der Waals surface area contributed by atoms with Gasteiger partial charge in [0.2, 0.25) is 10.0 Å². The number of nitrogens with zero attached hydrogens (tertiary/aromatic N) is 2. The highest BCUT2D eigenvalue weighted by molar-refractivity contribution is 7.99. The molecule has 7 nitrogen and oxygen atoms in total. The number of hydrogen-bond acceptors (Lipinski definition) is 6. The predicted molar refractivity (Wildman–Crippen MR) is 78.9 cm³/mol. The second kappa shape index (κ2) is 5.98. The SMILES string of the molecule is CNS(=O)(=O)c1ccc(N2CCSCC2)c([N+](=O)[O-])c1. The number of benzene rings is 1. The van der Waals surface area contributed by atoms with Gasteiger partial charge in [-0.15, -0.1) is 0 Å². The Morgan fingerprint density at radius 2 is 2.00 bits per heavy atom.